The van der Waals surface area contributed by atoms with Crippen molar-refractivity contribution in [2.24, 2.45) is 0 Å². The first-order valence-electron chi connectivity index (χ1n) is 4.50. The molecule has 0 radical (unpaired) electrons. The molecular weight excluding hydrogens is 152 g/mol. The number of hydrogen-bond acceptors (Lipinski definition) is 3. The Kier molecular flexibility index (Phi) is 6.73. The molecule has 0 aliphatic carbocycles. The SMILES string of the molecule is CCCCN(CCO)C(C)C#N. The Balaban J connectivity index is 3.78. The first kappa shape index (κ1) is 11.4. The second-order valence-corrected chi connectivity index (χ2v) is 2.92. The number of aliphatic hydroxyl groups excluding tert-OH is 1. The highest BCUT2D eigenvalue weighted by Gasteiger charge is 2.10. The van der Waals surface area contributed by atoms with Crippen LogP contribution in [0.25, 0.3) is 0 Å². The Morgan fingerprint density at radius 3 is 2.58 bits per heavy atom. The van der Waals surface area contributed by atoms with Crippen LogP contribution in [0.15, 0.2) is 0 Å². The van der Waals surface area contributed by atoms with Crippen LogP contribution in [0.1, 0.15) is 26.7 Å². The maximum atomic E-state index is 8.73. The van der Waals surface area contributed by atoms with Gasteiger partial charge in [0, 0.05) is 6.54 Å². The van der Waals surface area contributed by atoms with E-state index >= 15 is 0 Å². The Morgan fingerprint density at radius 1 is 1.50 bits per heavy atom. The molecule has 0 saturated carbocycles. The molecule has 0 aromatic carbocycles. The lowest BCUT2D eigenvalue weighted by Crippen LogP contribution is -2.35. The van der Waals surface area contributed by atoms with Crippen LogP contribution in [0.4, 0.5) is 0 Å². The molecule has 1 atom stereocenters. The summed E-state index contributed by atoms with van der Waals surface area (Å²) in [6, 6.07) is 2.09. The number of aliphatic hydroxyl groups is 1. The van der Waals surface area contributed by atoms with Crippen molar-refractivity contribution in [2.45, 2.75) is 32.7 Å². The molecule has 0 bridgehead atoms. The largest absolute Gasteiger partial charge is 0.395 e. The molecule has 0 fully saturated rings. The lowest BCUT2D eigenvalue weighted by Gasteiger charge is -2.22. The van der Waals surface area contributed by atoms with Crippen LogP contribution in [-0.2, 0) is 0 Å². The predicted octanol–water partition coefficient (Wildman–Crippen LogP) is 0.993. The highest BCUT2D eigenvalue weighted by Crippen LogP contribution is 2.00. The van der Waals surface area contributed by atoms with Crippen molar-refractivity contribution in [2.75, 3.05) is 19.7 Å². The predicted molar refractivity (Wildman–Crippen MR) is 48.6 cm³/mol. The Hall–Kier alpha value is -0.590. The van der Waals surface area contributed by atoms with Gasteiger partial charge in [0.1, 0.15) is 0 Å². The molecule has 0 aliphatic heterocycles. The van der Waals surface area contributed by atoms with Gasteiger partial charge in [-0.1, -0.05) is 13.3 Å². The third-order valence-corrected chi connectivity index (χ3v) is 1.92. The van der Waals surface area contributed by atoms with E-state index in [4.69, 9.17) is 10.4 Å². The quantitative estimate of drug-likeness (QED) is 0.646. The maximum Gasteiger partial charge on any atom is 0.0950 e. The van der Waals surface area contributed by atoms with Gasteiger partial charge in [0.2, 0.25) is 0 Å². The van der Waals surface area contributed by atoms with E-state index in [1.807, 2.05) is 11.8 Å². The molecule has 0 aromatic rings. The van der Waals surface area contributed by atoms with Crippen LogP contribution in [0.5, 0.6) is 0 Å². The fourth-order valence-corrected chi connectivity index (χ4v) is 1.07. The molecule has 1 N–H and O–H groups in total. The smallest absolute Gasteiger partial charge is 0.0950 e. The molecule has 0 saturated heterocycles. The Morgan fingerprint density at radius 2 is 2.17 bits per heavy atom. The lowest BCUT2D eigenvalue weighted by molar-refractivity contribution is 0.178. The molecule has 70 valence electrons. The number of nitriles is 1. The normalized spacial score (nSPS) is 12.9. The third-order valence-electron chi connectivity index (χ3n) is 1.92. The lowest BCUT2D eigenvalue weighted by atomic mass is 10.2. The number of unbranched alkanes of at least 4 members (excludes halogenated alkanes) is 1. The summed E-state index contributed by atoms with van der Waals surface area (Å²) in [5, 5.41) is 17.4. The van der Waals surface area contributed by atoms with Crippen molar-refractivity contribution in [3.05, 3.63) is 0 Å². The van der Waals surface area contributed by atoms with Crippen molar-refractivity contribution in [1.82, 2.24) is 4.90 Å². The molecule has 3 nitrogen and oxygen atoms in total. The summed E-state index contributed by atoms with van der Waals surface area (Å²) < 4.78 is 0. The van der Waals surface area contributed by atoms with E-state index in [0.717, 1.165) is 19.4 Å². The second-order valence-electron chi connectivity index (χ2n) is 2.92. The van der Waals surface area contributed by atoms with Gasteiger partial charge in [0.25, 0.3) is 0 Å². The number of nitrogens with zero attached hydrogens (tertiary/aromatic N) is 2. The van der Waals surface area contributed by atoms with Gasteiger partial charge in [-0.2, -0.15) is 5.26 Å². The molecule has 0 spiro atoms. The van der Waals surface area contributed by atoms with E-state index in [2.05, 4.69) is 13.0 Å². The van der Waals surface area contributed by atoms with Crippen LogP contribution in [0, 0.1) is 11.3 Å². The monoisotopic (exact) mass is 170 g/mol. The summed E-state index contributed by atoms with van der Waals surface area (Å²) in [7, 11) is 0. The Bertz CT molecular complexity index is 142. The minimum Gasteiger partial charge on any atom is -0.395 e. The van der Waals surface area contributed by atoms with E-state index in [0.29, 0.717) is 6.54 Å². The van der Waals surface area contributed by atoms with Crippen molar-refractivity contribution in [3.63, 3.8) is 0 Å². The molecule has 12 heavy (non-hydrogen) atoms. The van der Waals surface area contributed by atoms with Crippen LogP contribution >= 0.6 is 0 Å². The van der Waals surface area contributed by atoms with Crippen molar-refractivity contribution >= 4 is 0 Å². The summed E-state index contributed by atoms with van der Waals surface area (Å²) >= 11 is 0. The molecule has 0 rings (SSSR count). The standard InChI is InChI=1S/C9H18N2O/c1-3-4-5-11(6-7-12)9(2)8-10/h9,12H,3-7H2,1-2H3. The Labute approximate surface area is 74.6 Å². The van der Waals surface area contributed by atoms with Crippen molar-refractivity contribution < 1.29 is 5.11 Å². The number of rotatable bonds is 6. The molecule has 0 amide bonds. The summed E-state index contributed by atoms with van der Waals surface area (Å²) in [4.78, 5) is 2.00. The van der Waals surface area contributed by atoms with E-state index in [1.165, 1.54) is 0 Å². The molecule has 0 aromatic heterocycles. The summed E-state index contributed by atoms with van der Waals surface area (Å²) in [6.45, 7) is 5.63. The zero-order chi connectivity index (χ0) is 9.40. The van der Waals surface area contributed by atoms with Gasteiger partial charge in [-0.05, 0) is 19.9 Å². The van der Waals surface area contributed by atoms with Crippen LogP contribution in [0.3, 0.4) is 0 Å². The average molecular weight is 170 g/mol. The van der Waals surface area contributed by atoms with Gasteiger partial charge in [0.05, 0.1) is 18.7 Å². The molecule has 0 heterocycles. The van der Waals surface area contributed by atoms with Gasteiger partial charge in [0.15, 0.2) is 0 Å². The van der Waals surface area contributed by atoms with Crippen LogP contribution in [-0.4, -0.2) is 35.7 Å². The van der Waals surface area contributed by atoms with Gasteiger partial charge in [-0.25, -0.2) is 0 Å². The highest BCUT2D eigenvalue weighted by atomic mass is 16.3. The summed E-state index contributed by atoms with van der Waals surface area (Å²) in [5.41, 5.74) is 0. The number of hydrogen-bond donors (Lipinski definition) is 1. The fraction of sp³-hybridized carbons (Fsp3) is 0.889. The fourth-order valence-electron chi connectivity index (χ4n) is 1.07. The zero-order valence-corrected chi connectivity index (χ0v) is 7.95. The van der Waals surface area contributed by atoms with Gasteiger partial charge < -0.3 is 5.11 Å². The van der Waals surface area contributed by atoms with E-state index < -0.39 is 0 Å². The highest BCUT2D eigenvalue weighted by molar-refractivity contribution is 4.87. The average Bonchev–Trinajstić information content (AvgIpc) is 2.11. The third kappa shape index (κ3) is 4.32. The first-order chi connectivity index (χ1) is 5.76. The summed E-state index contributed by atoms with van der Waals surface area (Å²) in [5.74, 6) is 0. The first-order valence-corrected chi connectivity index (χ1v) is 4.50. The van der Waals surface area contributed by atoms with Gasteiger partial charge in [-0.15, -0.1) is 0 Å². The van der Waals surface area contributed by atoms with Crippen LogP contribution < -0.4 is 0 Å². The minimum atomic E-state index is -0.0799. The molecule has 0 aliphatic rings. The second kappa shape index (κ2) is 7.08. The van der Waals surface area contributed by atoms with E-state index in [9.17, 15) is 0 Å². The van der Waals surface area contributed by atoms with E-state index in [-0.39, 0.29) is 12.6 Å². The molecular formula is C9H18N2O. The van der Waals surface area contributed by atoms with E-state index in [1.54, 1.807) is 0 Å². The maximum absolute atomic E-state index is 8.73. The van der Waals surface area contributed by atoms with Gasteiger partial charge in [-0.3, -0.25) is 4.90 Å². The van der Waals surface area contributed by atoms with Crippen molar-refractivity contribution in [1.29, 1.82) is 5.26 Å². The minimum absolute atomic E-state index is 0.0799. The van der Waals surface area contributed by atoms with Crippen molar-refractivity contribution in [3.8, 4) is 6.07 Å². The summed E-state index contributed by atoms with van der Waals surface area (Å²) in [6.07, 6.45) is 2.21. The molecule has 3 heteroatoms. The van der Waals surface area contributed by atoms with Crippen LogP contribution in [0.2, 0.25) is 0 Å². The zero-order valence-electron chi connectivity index (χ0n) is 7.95. The van der Waals surface area contributed by atoms with Gasteiger partial charge >= 0.3 is 0 Å². The topological polar surface area (TPSA) is 47.3 Å². The molecule has 1 unspecified atom stereocenters.